The van der Waals surface area contributed by atoms with Gasteiger partial charge in [0.1, 0.15) is 0 Å². The van der Waals surface area contributed by atoms with Crippen molar-refractivity contribution in [2.45, 2.75) is 33.6 Å². The van der Waals surface area contributed by atoms with E-state index >= 15 is 0 Å². The third-order valence-corrected chi connectivity index (χ3v) is 3.39. The van der Waals surface area contributed by atoms with Crippen LogP contribution >= 0.6 is 0 Å². The van der Waals surface area contributed by atoms with Crippen LogP contribution in [0.25, 0.3) is 0 Å². The van der Waals surface area contributed by atoms with Crippen LogP contribution in [0.5, 0.6) is 0 Å². The fourth-order valence-electron chi connectivity index (χ4n) is 2.02. The molecule has 2 aromatic rings. The minimum Gasteiger partial charge on any atom is -0.343 e. The van der Waals surface area contributed by atoms with Crippen LogP contribution in [0, 0.1) is 13.8 Å². The lowest BCUT2D eigenvalue weighted by Gasteiger charge is -2.16. The Bertz CT molecular complexity index is 597. The van der Waals surface area contributed by atoms with Gasteiger partial charge in [-0.3, -0.25) is 0 Å². The van der Waals surface area contributed by atoms with E-state index in [-0.39, 0.29) is 0 Å². The van der Waals surface area contributed by atoms with Gasteiger partial charge in [-0.05, 0) is 37.5 Å². The number of nitrogens with one attached hydrogen (secondary N) is 1. The lowest BCUT2D eigenvalue weighted by atomic mass is 10.1. The van der Waals surface area contributed by atoms with Crippen molar-refractivity contribution in [3.05, 3.63) is 35.5 Å². The molecule has 1 heterocycles. The Balaban J connectivity index is 2.15. The maximum Gasteiger partial charge on any atom is 0.247 e. The number of aryl methyl sites for hydroxylation is 2. The van der Waals surface area contributed by atoms with Crippen molar-refractivity contribution < 1.29 is 0 Å². The van der Waals surface area contributed by atoms with Crippen LogP contribution < -0.4 is 10.2 Å². The quantitative estimate of drug-likeness (QED) is 0.880. The van der Waals surface area contributed by atoms with Gasteiger partial charge < -0.3 is 10.2 Å². The first-order chi connectivity index (χ1) is 10.1. The van der Waals surface area contributed by atoms with Crippen molar-refractivity contribution in [2.24, 2.45) is 0 Å². The lowest BCUT2D eigenvalue weighted by Crippen LogP contribution is -2.21. The molecule has 0 radical (unpaired) electrons. The zero-order chi connectivity index (χ0) is 15.2. The third-order valence-electron chi connectivity index (χ3n) is 3.39. The van der Waals surface area contributed by atoms with Crippen molar-refractivity contribution in [1.82, 2.24) is 15.2 Å². The normalized spacial score (nSPS) is 10.5. The molecule has 0 aliphatic carbocycles. The summed E-state index contributed by atoms with van der Waals surface area (Å²) in [5.41, 5.74) is 3.45. The summed E-state index contributed by atoms with van der Waals surface area (Å²) in [6.07, 6.45) is 3.92. The van der Waals surface area contributed by atoms with Gasteiger partial charge in [-0.15, -0.1) is 5.10 Å². The van der Waals surface area contributed by atoms with Crippen LogP contribution in [0.2, 0.25) is 0 Å². The molecule has 0 aliphatic heterocycles. The second kappa shape index (κ2) is 7.02. The Kier molecular flexibility index (Phi) is 5.09. The van der Waals surface area contributed by atoms with E-state index in [0.717, 1.165) is 30.9 Å². The summed E-state index contributed by atoms with van der Waals surface area (Å²) in [4.78, 5) is 6.57. The first-order valence-corrected chi connectivity index (χ1v) is 7.35. The zero-order valence-electron chi connectivity index (χ0n) is 13.2. The summed E-state index contributed by atoms with van der Waals surface area (Å²) in [5.74, 6) is 1.37. The van der Waals surface area contributed by atoms with E-state index in [1.54, 1.807) is 6.20 Å². The molecule has 0 bridgehead atoms. The van der Waals surface area contributed by atoms with Crippen LogP contribution in [-0.4, -0.2) is 28.8 Å². The second-order valence-corrected chi connectivity index (χ2v) is 5.36. The molecule has 0 saturated carbocycles. The van der Waals surface area contributed by atoms with Crippen LogP contribution in [0.4, 0.5) is 17.5 Å². The van der Waals surface area contributed by atoms with E-state index in [1.165, 1.54) is 11.1 Å². The van der Waals surface area contributed by atoms with Gasteiger partial charge in [0.15, 0.2) is 5.82 Å². The van der Waals surface area contributed by atoms with Crippen LogP contribution in [0.3, 0.4) is 0 Å². The van der Waals surface area contributed by atoms with E-state index in [0.29, 0.717) is 5.95 Å². The van der Waals surface area contributed by atoms with Crippen molar-refractivity contribution in [1.29, 1.82) is 0 Å². The van der Waals surface area contributed by atoms with Crippen molar-refractivity contribution >= 4 is 17.5 Å². The number of unbranched alkanes of at least 4 members (excludes halogenated alkanes) is 1. The number of aromatic nitrogens is 3. The van der Waals surface area contributed by atoms with E-state index in [1.807, 2.05) is 11.9 Å². The summed E-state index contributed by atoms with van der Waals surface area (Å²) < 4.78 is 0. The van der Waals surface area contributed by atoms with E-state index in [4.69, 9.17) is 0 Å². The Morgan fingerprint density at radius 3 is 2.81 bits per heavy atom. The Morgan fingerprint density at radius 1 is 1.24 bits per heavy atom. The Morgan fingerprint density at radius 2 is 2.05 bits per heavy atom. The first kappa shape index (κ1) is 15.2. The van der Waals surface area contributed by atoms with Crippen LogP contribution in [0.1, 0.15) is 30.9 Å². The summed E-state index contributed by atoms with van der Waals surface area (Å²) in [6, 6.07) is 6.31. The maximum atomic E-state index is 4.53. The van der Waals surface area contributed by atoms with Crippen LogP contribution in [-0.2, 0) is 0 Å². The number of anilines is 3. The van der Waals surface area contributed by atoms with Gasteiger partial charge in [-0.25, -0.2) is 0 Å². The predicted octanol–water partition coefficient (Wildman–Crippen LogP) is 3.47. The summed E-state index contributed by atoms with van der Waals surface area (Å²) >= 11 is 0. The largest absolute Gasteiger partial charge is 0.343 e. The molecule has 1 aromatic carbocycles. The van der Waals surface area contributed by atoms with Gasteiger partial charge in [-0.1, -0.05) is 25.5 Å². The molecular formula is C16H23N5. The van der Waals surface area contributed by atoms with Gasteiger partial charge in [0.05, 0.1) is 6.20 Å². The molecule has 5 heteroatoms. The molecule has 21 heavy (non-hydrogen) atoms. The first-order valence-electron chi connectivity index (χ1n) is 7.35. The monoisotopic (exact) mass is 285 g/mol. The molecule has 0 spiro atoms. The highest BCUT2D eigenvalue weighted by Crippen LogP contribution is 2.20. The Labute approximate surface area is 126 Å². The highest BCUT2D eigenvalue weighted by Gasteiger charge is 2.07. The number of benzene rings is 1. The van der Waals surface area contributed by atoms with E-state index in [9.17, 15) is 0 Å². The van der Waals surface area contributed by atoms with Gasteiger partial charge in [-0.2, -0.15) is 10.1 Å². The van der Waals surface area contributed by atoms with E-state index in [2.05, 4.69) is 59.5 Å². The minimum absolute atomic E-state index is 0.652. The molecule has 1 N–H and O–H groups in total. The van der Waals surface area contributed by atoms with Gasteiger partial charge in [0.25, 0.3) is 0 Å². The number of rotatable bonds is 6. The summed E-state index contributed by atoms with van der Waals surface area (Å²) in [6.45, 7) is 7.26. The Hall–Kier alpha value is -2.17. The van der Waals surface area contributed by atoms with Crippen molar-refractivity contribution in [3.8, 4) is 0 Å². The molecule has 0 aliphatic rings. The summed E-state index contributed by atoms with van der Waals surface area (Å²) in [5, 5.41) is 11.5. The van der Waals surface area contributed by atoms with Gasteiger partial charge >= 0.3 is 0 Å². The molecule has 1 aromatic heterocycles. The number of hydrogen-bond acceptors (Lipinski definition) is 5. The molecule has 112 valence electrons. The standard InChI is InChI=1S/C16H23N5/c1-5-6-9-21(4)16-19-15(11-17-20-16)18-14-10-12(2)7-8-13(14)3/h7-8,10-11H,5-6,9H2,1-4H3,(H,18,19,20). The fraction of sp³-hybridized carbons (Fsp3) is 0.438. The number of nitrogens with zero attached hydrogens (tertiary/aromatic N) is 4. The average molecular weight is 285 g/mol. The summed E-state index contributed by atoms with van der Waals surface area (Å²) in [7, 11) is 1.99. The minimum atomic E-state index is 0.652. The predicted molar refractivity (Wildman–Crippen MR) is 87.2 cm³/mol. The zero-order valence-corrected chi connectivity index (χ0v) is 13.2. The second-order valence-electron chi connectivity index (χ2n) is 5.36. The van der Waals surface area contributed by atoms with E-state index < -0.39 is 0 Å². The molecular weight excluding hydrogens is 262 g/mol. The van der Waals surface area contributed by atoms with Gasteiger partial charge in [0, 0.05) is 19.3 Å². The van der Waals surface area contributed by atoms with Crippen LogP contribution in [0.15, 0.2) is 24.4 Å². The molecule has 2 rings (SSSR count). The highest BCUT2D eigenvalue weighted by molar-refractivity contribution is 5.61. The maximum absolute atomic E-state index is 4.53. The highest BCUT2D eigenvalue weighted by atomic mass is 15.3. The smallest absolute Gasteiger partial charge is 0.247 e. The lowest BCUT2D eigenvalue weighted by molar-refractivity contribution is 0.741. The average Bonchev–Trinajstić information content (AvgIpc) is 2.49. The van der Waals surface area contributed by atoms with Crippen molar-refractivity contribution in [3.63, 3.8) is 0 Å². The van der Waals surface area contributed by atoms with Crippen molar-refractivity contribution in [2.75, 3.05) is 23.8 Å². The molecule has 0 atom stereocenters. The molecule has 0 saturated heterocycles. The molecule has 0 unspecified atom stereocenters. The number of hydrogen-bond donors (Lipinski definition) is 1. The third kappa shape index (κ3) is 4.15. The van der Waals surface area contributed by atoms with Gasteiger partial charge in [0.2, 0.25) is 5.95 Å². The SMILES string of the molecule is CCCCN(C)c1nncc(Nc2cc(C)ccc2C)n1. The molecule has 5 nitrogen and oxygen atoms in total. The topological polar surface area (TPSA) is 53.9 Å². The molecule has 0 fully saturated rings. The fourth-order valence-corrected chi connectivity index (χ4v) is 2.02. The molecule has 0 amide bonds.